The van der Waals surface area contributed by atoms with E-state index in [0.29, 0.717) is 5.75 Å². The molecule has 0 aliphatic rings. The largest absolute Gasteiger partial charge is 0.505 e. The van der Waals surface area contributed by atoms with E-state index in [1.54, 1.807) is 6.07 Å². The minimum Gasteiger partial charge on any atom is -0.505 e. The number of carbonyl (C=O) groups is 1. The van der Waals surface area contributed by atoms with Crippen molar-refractivity contribution in [3.8, 4) is 17.2 Å². The summed E-state index contributed by atoms with van der Waals surface area (Å²) in [4.78, 5) is 10.5. The number of phenolic OH excluding ortho intramolecular Hbond substituents is 2. The number of aromatic hydroxyl groups is 2. The summed E-state index contributed by atoms with van der Waals surface area (Å²) < 4.78 is 4.86. The number of hydrogen-bond acceptors (Lipinski definition) is 4. The molecule has 0 radical (unpaired) electrons. The molecule has 184 valence electrons. The monoisotopic (exact) mass is 644 g/mol. The molecule has 0 amide bonds. The lowest BCUT2D eigenvalue weighted by Gasteiger charge is -2.06. The van der Waals surface area contributed by atoms with Crippen molar-refractivity contribution in [1.82, 2.24) is 0 Å². The van der Waals surface area contributed by atoms with Gasteiger partial charge in [-0.3, -0.25) is 4.79 Å². The first-order chi connectivity index (χ1) is 15.7. The zero-order valence-corrected chi connectivity index (χ0v) is 23.8. The highest BCUT2D eigenvalue weighted by molar-refractivity contribution is 6.55. The summed E-state index contributed by atoms with van der Waals surface area (Å²) >= 11 is 50.1. The van der Waals surface area contributed by atoms with Gasteiger partial charge in [-0.05, 0) is 30.7 Å². The number of benzene rings is 3. The summed E-state index contributed by atoms with van der Waals surface area (Å²) in [5.41, 5.74) is 1.09. The van der Waals surface area contributed by atoms with Crippen LogP contribution in [0.25, 0.3) is 0 Å². The van der Waals surface area contributed by atoms with Crippen molar-refractivity contribution in [2.75, 3.05) is 0 Å². The second kappa shape index (κ2) is 14.2. The molecule has 3 rings (SSSR count). The number of halogens is 9. The lowest BCUT2D eigenvalue weighted by atomic mass is 10.2. The Hall–Kier alpha value is -0.660. The van der Waals surface area contributed by atoms with Crippen LogP contribution in [-0.2, 0) is 4.79 Å². The van der Waals surface area contributed by atoms with Crippen molar-refractivity contribution in [2.24, 2.45) is 0 Å². The quantitative estimate of drug-likeness (QED) is 0.119. The van der Waals surface area contributed by atoms with E-state index in [4.69, 9.17) is 114 Å². The summed E-state index contributed by atoms with van der Waals surface area (Å²) in [7, 11) is 0. The van der Waals surface area contributed by atoms with Gasteiger partial charge in [0.2, 0.25) is 0 Å². The molecule has 34 heavy (non-hydrogen) atoms. The molecular weight excluding hydrogens is 635 g/mol. The normalized spacial score (nSPS) is 9.97. The van der Waals surface area contributed by atoms with Gasteiger partial charge < -0.3 is 14.9 Å². The van der Waals surface area contributed by atoms with Gasteiger partial charge in [0.1, 0.15) is 20.8 Å². The molecule has 0 aliphatic carbocycles. The van der Waals surface area contributed by atoms with Gasteiger partial charge in [0, 0.05) is 6.92 Å². The molecule has 13 heteroatoms. The molecule has 0 atom stereocenters. The lowest BCUT2D eigenvalue weighted by molar-refractivity contribution is -0.131. The molecule has 0 bridgehead atoms. The maximum absolute atomic E-state index is 10.5. The van der Waals surface area contributed by atoms with Gasteiger partial charge in [-0.2, -0.15) is 0 Å². The smallest absolute Gasteiger partial charge is 0.308 e. The van der Waals surface area contributed by atoms with Crippen LogP contribution < -0.4 is 4.74 Å². The van der Waals surface area contributed by atoms with Crippen molar-refractivity contribution >= 4 is 110 Å². The molecule has 0 spiro atoms. The third kappa shape index (κ3) is 8.77. The van der Waals surface area contributed by atoms with Gasteiger partial charge in [-0.15, -0.1) is 0 Å². The van der Waals surface area contributed by atoms with Gasteiger partial charge in [0.25, 0.3) is 0 Å². The van der Waals surface area contributed by atoms with Crippen LogP contribution in [0, 0.1) is 6.92 Å². The Kier molecular flexibility index (Phi) is 13.1. The van der Waals surface area contributed by atoms with Crippen LogP contribution in [0.4, 0.5) is 0 Å². The van der Waals surface area contributed by atoms with Crippen LogP contribution in [0.15, 0.2) is 30.3 Å². The fraction of sp³-hybridized carbons (Fsp3) is 0.0952. The summed E-state index contributed by atoms with van der Waals surface area (Å²) in [5.74, 6) is -0.284. The highest BCUT2D eigenvalue weighted by atomic mass is 35.5. The van der Waals surface area contributed by atoms with Crippen LogP contribution >= 0.6 is 104 Å². The molecule has 2 N–H and O–H groups in total. The van der Waals surface area contributed by atoms with Gasteiger partial charge >= 0.3 is 5.97 Å². The topological polar surface area (TPSA) is 66.8 Å². The van der Waals surface area contributed by atoms with Gasteiger partial charge in [0.15, 0.2) is 11.5 Å². The molecule has 0 heterocycles. The minimum absolute atomic E-state index is 0.00904. The van der Waals surface area contributed by atoms with E-state index < -0.39 is 0 Å². The van der Waals surface area contributed by atoms with Crippen LogP contribution in [0.5, 0.6) is 17.2 Å². The van der Waals surface area contributed by atoms with Crippen LogP contribution in [0.1, 0.15) is 12.5 Å². The molecule has 0 saturated heterocycles. The summed E-state index contributed by atoms with van der Waals surface area (Å²) in [5, 5.41) is 18.5. The Labute approximate surface area is 240 Å². The molecule has 0 aromatic heterocycles. The Balaban J connectivity index is 0.000000255. The van der Waals surface area contributed by atoms with Crippen LogP contribution in [0.3, 0.4) is 0 Å². The third-order valence-corrected chi connectivity index (χ3v) is 7.32. The van der Waals surface area contributed by atoms with Gasteiger partial charge in [-0.1, -0.05) is 117 Å². The summed E-state index contributed by atoms with van der Waals surface area (Å²) in [6.07, 6.45) is 0. The minimum atomic E-state index is -0.363. The Bertz CT molecular complexity index is 1070. The number of esters is 1. The van der Waals surface area contributed by atoms with E-state index in [9.17, 15) is 9.90 Å². The average Bonchev–Trinajstić information content (AvgIpc) is 2.78. The van der Waals surface area contributed by atoms with E-state index >= 15 is 0 Å². The fourth-order valence-electron chi connectivity index (χ4n) is 1.99. The molecular formula is C21H13Cl9O4. The number of phenols is 2. The molecule has 0 saturated carbocycles. The van der Waals surface area contributed by atoms with E-state index in [1.165, 1.54) is 13.0 Å². The second-order valence-corrected chi connectivity index (χ2v) is 9.61. The number of aryl methyl sites for hydroxylation is 1. The van der Waals surface area contributed by atoms with Crippen LogP contribution in [0.2, 0.25) is 45.2 Å². The Morgan fingerprint density at radius 1 is 0.676 bits per heavy atom. The van der Waals surface area contributed by atoms with E-state index in [-0.39, 0.29) is 62.7 Å². The first kappa shape index (κ1) is 31.4. The highest BCUT2D eigenvalue weighted by Gasteiger charge is 2.18. The second-order valence-electron chi connectivity index (χ2n) is 6.15. The average molecular weight is 648 g/mol. The zero-order chi connectivity index (χ0) is 26.3. The maximum Gasteiger partial charge on any atom is 0.308 e. The SMILES string of the molecule is CC(=O)Oc1cccc(C)c1.Oc1c(Cl)c(Cl)c(Cl)c(Cl)c1Cl.Oc1c(Cl)cc(Cl)c(Cl)c1Cl. The third-order valence-electron chi connectivity index (χ3n) is 3.53. The molecule has 4 nitrogen and oxygen atoms in total. The lowest BCUT2D eigenvalue weighted by Crippen LogP contribution is -2.00. The molecule has 0 aliphatic heterocycles. The predicted octanol–water partition coefficient (Wildman–Crippen LogP) is 10.6. The van der Waals surface area contributed by atoms with Crippen molar-refractivity contribution in [3.63, 3.8) is 0 Å². The first-order valence-electron chi connectivity index (χ1n) is 8.66. The number of carbonyl (C=O) groups excluding carboxylic acids is 1. The first-order valence-corrected chi connectivity index (χ1v) is 12.1. The van der Waals surface area contributed by atoms with Crippen molar-refractivity contribution in [3.05, 3.63) is 81.1 Å². The van der Waals surface area contributed by atoms with E-state index in [1.807, 2.05) is 25.1 Å². The van der Waals surface area contributed by atoms with Crippen molar-refractivity contribution in [1.29, 1.82) is 0 Å². The zero-order valence-electron chi connectivity index (χ0n) is 17.0. The van der Waals surface area contributed by atoms with E-state index in [2.05, 4.69) is 0 Å². The summed E-state index contributed by atoms with van der Waals surface area (Å²) in [6.45, 7) is 3.34. The number of hydrogen-bond donors (Lipinski definition) is 2. The molecule has 0 unspecified atom stereocenters. The molecule has 3 aromatic rings. The fourth-order valence-corrected chi connectivity index (χ4v) is 4.03. The van der Waals surface area contributed by atoms with Crippen molar-refractivity contribution in [2.45, 2.75) is 13.8 Å². The maximum atomic E-state index is 10.5. The molecule has 0 fully saturated rings. The van der Waals surface area contributed by atoms with Crippen molar-refractivity contribution < 1.29 is 19.7 Å². The van der Waals surface area contributed by atoms with Gasteiger partial charge in [0.05, 0.1) is 30.1 Å². The predicted molar refractivity (Wildman–Crippen MR) is 144 cm³/mol. The number of rotatable bonds is 1. The number of ether oxygens (including phenoxy) is 1. The highest BCUT2D eigenvalue weighted by Crippen LogP contribution is 2.47. The Morgan fingerprint density at radius 3 is 1.62 bits per heavy atom. The standard InChI is InChI=1S/C9H10O2.C6HCl5O.C6H2Cl4O/c1-7-4-3-5-9(6-7)11-8(2)10;7-1-2(8)4(10)6(12)5(11)3(1)9;7-2-1-3(8)6(11)5(10)4(2)9/h3-6H,1-2H3;12H;1,11H. The van der Waals surface area contributed by atoms with Gasteiger partial charge in [-0.25, -0.2) is 0 Å². The molecule has 3 aromatic carbocycles. The van der Waals surface area contributed by atoms with Crippen LogP contribution in [-0.4, -0.2) is 16.2 Å². The van der Waals surface area contributed by atoms with E-state index in [0.717, 1.165) is 5.56 Å². The summed E-state index contributed by atoms with van der Waals surface area (Å²) in [6, 6.07) is 8.71. The Morgan fingerprint density at radius 2 is 1.15 bits per heavy atom.